The molecule has 1 heterocycles. The van der Waals surface area contributed by atoms with Crippen molar-refractivity contribution in [2.24, 2.45) is 5.92 Å². The standard InChI is InChI=1S/C9H17NO2S/c1-2-5-13(11,12)10-7-8-3-4-9(10)6-8/h8-9H,2-7H2,1H3. The Kier molecular flexibility index (Phi) is 2.36. The van der Waals surface area contributed by atoms with Crippen molar-refractivity contribution in [1.29, 1.82) is 0 Å². The molecule has 2 fully saturated rings. The Morgan fingerprint density at radius 1 is 1.38 bits per heavy atom. The minimum absolute atomic E-state index is 0.330. The summed E-state index contributed by atoms with van der Waals surface area (Å²) >= 11 is 0. The average Bonchev–Trinajstić information content (AvgIpc) is 2.63. The minimum Gasteiger partial charge on any atom is -0.212 e. The van der Waals surface area contributed by atoms with Crippen molar-refractivity contribution in [3.63, 3.8) is 0 Å². The van der Waals surface area contributed by atoms with Crippen molar-refractivity contribution in [1.82, 2.24) is 4.31 Å². The first-order chi connectivity index (χ1) is 6.13. The van der Waals surface area contributed by atoms with Crippen molar-refractivity contribution in [2.75, 3.05) is 12.3 Å². The van der Waals surface area contributed by atoms with Crippen LogP contribution in [0.4, 0.5) is 0 Å². The van der Waals surface area contributed by atoms with E-state index in [9.17, 15) is 8.42 Å². The lowest BCUT2D eigenvalue weighted by Crippen LogP contribution is -2.38. The van der Waals surface area contributed by atoms with Crippen LogP contribution in [0, 0.1) is 5.92 Å². The van der Waals surface area contributed by atoms with Gasteiger partial charge in [-0.1, -0.05) is 6.92 Å². The molecule has 13 heavy (non-hydrogen) atoms. The maximum absolute atomic E-state index is 11.7. The van der Waals surface area contributed by atoms with Gasteiger partial charge in [0, 0.05) is 12.6 Å². The molecule has 76 valence electrons. The van der Waals surface area contributed by atoms with Crippen LogP contribution in [0.1, 0.15) is 32.6 Å². The van der Waals surface area contributed by atoms with Gasteiger partial charge in [-0.3, -0.25) is 0 Å². The molecule has 1 aliphatic heterocycles. The zero-order chi connectivity index (χ0) is 9.47. The average molecular weight is 203 g/mol. The Morgan fingerprint density at radius 2 is 2.15 bits per heavy atom. The van der Waals surface area contributed by atoms with Crippen molar-refractivity contribution in [3.8, 4) is 0 Å². The molecule has 0 radical (unpaired) electrons. The van der Waals surface area contributed by atoms with Crippen LogP contribution in [-0.4, -0.2) is 31.1 Å². The van der Waals surface area contributed by atoms with Crippen LogP contribution in [0.2, 0.25) is 0 Å². The Balaban J connectivity index is 2.10. The molecule has 3 nitrogen and oxygen atoms in total. The second-order valence-corrected chi connectivity index (χ2v) is 6.26. The van der Waals surface area contributed by atoms with E-state index < -0.39 is 10.0 Å². The van der Waals surface area contributed by atoms with Crippen LogP contribution in [0.5, 0.6) is 0 Å². The van der Waals surface area contributed by atoms with Gasteiger partial charge in [-0.2, -0.15) is 4.31 Å². The number of rotatable bonds is 3. The molecule has 0 N–H and O–H groups in total. The molecule has 0 spiro atoms. The molecular weight excluding hydrogens is 186 g/mol. The normalized spacial score (nSPS) is 34.2. The topological polar surface area (TPSA) is 37.4 Å². The number of piperidine rings is 1. The van der Waals surface area contributed by atoms with Crippen molar-refractivity contribution >= 4 is 10.0 Å². The third kappa shape index (κ3) is 1.62. The quantitative estimate of drug-likeness (QED) is 0.691. The third-order valence-electron chi connectivity index (χ3n) is 3.18. The van der Waals surface area contributed by atoms with Gasteiger partial charge < -0.3 is 0 Å². The highest BCUT2D eigenvalue weighted by atomic mass is 32.2. The first-order valence-corrected chi connectivity index (χ1v) is 6.74. The van der Waals surface area contributed by atoms with E-state index in [1.54, 1.807) is 4.31 Å². The summed E-state index contributed by atoms with van der Waals surface area (Å²) in [7, 11) is -2.91. The van der Waals surface area contributed by atoms with Gasteiger partial charge in [0.1, 0.15) is 0 Å². The van der Waals surface area contributed by atoms with E-state index in [0.717, 1.165) is 25.8 Å². The van der Waals surface area contributed by atoms with E-state index in [1.807, 2.05) is 6.92 Å². The maximum Gasteiger partial charge on any atom is 0.214 e. The first kappa shape index (κ1) is 9.46. The number of nitrogens with zero attached hydrogens (tertiary/aromatic N) is 1. The van der Waals surface area contributed by atoms with Crippen molar-refractivity contribution in [3.05, 3.63) is 0 Å². The molecule has 1 saturated heterocycles. The summed E-state index contributed by atoms with van der Waals surface area (Å²) in [6.45, 7) is 2.72. The number of sulfonamides is 1. The molecule has 4 heteroatoms. The molecule has 1 saturated carbocycles. The van der Waals surface area contributed by atoms with Gasteiger partial charge >= 0.3 is 0 Å². The lowest BCUT2D eigenvalue weighted by Gasteiger charge is -2.25. The zero-order valence-electron chi connectivity index (χ0n) is 8.07. The van der Waals surface area contributed by atoms with E-state index >= 15 is 0 Å². The lowest BCUT2D eigenvalue weighted by atomic mass is 10.1. The molecule has 1 aliphatic carbocycles. The highest BCUT2D eigenvalue weighted by molar-refractivity contribution is 7.89. The molecule has 0 aromatic carbocycles. The van der Waals surface area contributed by atoms with E-state index in [-0.39, 0.29) is 0 Å². The van der Waals surface area contributed by atoms with Gasteiger partial charge in [0.25, 0.3) is 0 Å². The molecule has 2 bridgehead atoms. The predicted molar refractivity (Wildman–Crippen MR) is 51.9 cm³/mol. The fourth-order valence-corrected chi connectivity index (χ4v) is 4.43. The highest BCUT2D eigenvalue weighted by Crippen LogP contribution is 2.39. The fraction of sp³-hybridized carbons (Fsp3) is 1.00. The van der Waals surface area contributed by atoms with Crippen LogP contribution in [0.25, 0.3) is 0 Å². The van der Waals surface area contributed by atoms with Crippen LogP contribution in [0.15, 0.2) is 0 Å². The summed E-state index contributed by atoms with van der Waals surface area (Å²) in [6.07, 6.45) is 4.18. The lowest BCUT2D eigenvalue weighted by molar-refractivity contribution is 0.333. The summed E-state index contributed by atoms with van der Waals surface area (Å²) in [5, 5.41) is 0. The summed E-state index contributed by atoms with van der Waals surface area (Å²) in [5.74, 6) is 0.993. The Morgan fingerprint density at radius 3 is 2.62 bits per heavy atom. The van der Waals surface area contributed by atoms with Crippen molar-refractivity contribution < 1.29 is 8.42 Å². The molecule has 2 rings (SSSR count). The maximum atomic E-state index is 11.7. The molecule has 2 atom stereocenters. The second-order valence-electron chi connectivity index (χ2n) is 4.22. The van der Waals surface area contributed by atoms with Gasteiger partial charge in [0.2, 0.25) is 10.0 Å². The molecule has 2 aliphatic rings. The Hall–Kier alpha value is -0.0900. The predicted octanol–water partition coefficient (Wildman–Crippen LogP) is 1.21. The van der Waals surface area contributed by atoms with Crippen LogP contribution in [0.3, 0.4) is 0 Å². The largest absolute Gasteiger partial charge is 0.214 e. The van der Waals surface area contributed by atoms with Crippen molar-refractivity contribution in [2.45, 2.75) is 38.6 Å². The van der Waals surface area contributed by atoms with E-state index in [1.165, 1.54) is 6.42 Å². The van der Waals surface area contributed by atoms with E-state index in [0.29, 0.717) is 17.7 Å². The van der Waals surface area contributed by atoms with Gasteiger partial charge in [-0.05, 0) is 31.6 Å². The van der Waals surface area contributed by atoms with Gasteiger partial charge in [-0.25, -0.2) is 8.42 Å². The molecule has 2 unspecified atom stereocenters. The molecular formula is C9H17NO2S. The van der Waals surface area contributed by atoms with Crippen LogP contribution < -0.4 is 0 Å². The Bertz CT molecular complexity index is 286. The van der Waals surface area contributed by atoms with Gasteiger partial charge in [0.05, 0.1) is 5.75 Å². The van der Waals surface area contributed by atoms with Gasteiger partial charge in [-0.15, -0.1) is 0 Å². The first-order valence-electron chi connectivity index (χ1n) is 5.13. The summed E-state index contributed by atoms with van der Waals surface area (Å²) < 4.78 is 25.3. The number of hydrogen-bond donors (Lipinski definition) is 0. The fourth-order valence-electron chi connectivity index (χ4n) is 2.60. The van der Waals surface area contributed by atoms with Gasteiger partial charge in [0.15, 0.2) is 0 Å². The van der Waals surface area contributed by atoms with Crippen LogP contribution >= 0.6 is 0 Å². The monoisotopic (exact) mass is 203 g/mol. The smallest absolute Gasteiger partial charge is 0.212 e. The molecule has 0 aromatic heterocycles. The Labute approximate surface area is 80.2 Å². The molecule has 0 amide bonds. The third-order valence-corrected chi connectivity index (χ3v) is 5.26. The zero-order valence-corrected chi connectivity index (χ0v) is 8.89. The SMILES string of the molecule is CCCS(=O)(=O)N1CC2CCC1C2. The molecule has 0 aromatic rings. The summed E-state index contributed by atoms with van der Waals surface area (Å²) in [4.78, 5) is 0. The summed E-state index contributed by atoms with van der Waals surface area (Å²) in [6, 6.07) is 0.349. The number of hydrogen-bond acceptors (Lipinski definition) is 2. The van der Waals surface area contributed by atoms with E-state index in [4.69, 9.17) is 0 Å². The minimum atomic E-state index is -2.91. The van der Waals surface area contributed by atoms with E-state index in [2.05, 4.69) is 0 Å². The van der Waals surface area contributed by atoms with Crippen LogP contribution in [-0.2, 0) is 10.0 Å². The highest BCUT2D eigenvalue weighted by Gasteiger charge is 2.43. The second kappa shape index (κ2) is 3.24. The number of fused-ring (bicyclic) bond motifs is 2. The summed E-state index contributed by atoms with van der Waals surface area (Å²) in [5.41, 5.74) is 0.